The Hall–Kier alpha value is -0.580. The number of methoxy groups -OCH3 is 1. The quantitative estimate of drug-likeness (QED) is 0.589. The van der Waals surface area contributed by atoms with E-state index in [1.807, 2.05) is 18.2 Å². The number of hydrogen-bond donors (Lipinski definition) is 0. The molecule has 100 valence electrons. The summed E-state index contributed by atoms with van der Waals surface area (Å²) in [5, 5.41) is 0.505. The third-order valence-electron chi connectivity index (χ3n) is 2.71. The van der Waals surface area contributed by atoms with Crippen LogP contribution in [-0.2, 0) is 0 Å². The Morgan fingerprint density at radius 1 is 1.16 bits per heavy atom. The van der Waals surface area contributed by atoms with Crippen LogP contribution in [0.4, 0.5) is 4.39 Å². The number of ether oxygens (including phenoxy) is 1. The molecule has 0 amide bonds. The van der Waals surface area contributed by atoms with Gasteiger partial charge < -0.3 is 4.74 Å². The first-order valence-corrected chi connectivity index (χ1v) is 7.54. The van der Waals surface area contributed by atoms with Crippen molar-refractivity contribution in [3.05, 3.63) is 62.8 Å². The fraction of sp³-hybridized carbons (Fsp3) is 0.143. The number of hydrogen-bond acceptors (Lipinski definition) is 1. The minimum Gasteiger partial charge on any atom is -0.497 e. The number of halogens is 4. The topological polar surface area (TPSA) is 9.23 Å². The molecule has 0 bridgehead atoms. The highest BCUT2D eigenvalue weighted by Crippen LogP contribution is 2.38. The van der Waals surface area contributed by atoms with Crippen LogP contribution in [0.5, 0.6) is 5.75 Å². The molecule has 0 aliphatic heterocycles. The van der Waals surface area contributed by atoms with Crippen LogP contribution in [0.1, 0.15) is 16.0 Å². The molecule has 5 heteroatoms. The summed E-state index contributed by atoms with van der Waals surface area (Å²) in [6, 6.07) is 10.1. The van der Waals surface area contributed by atoms with E-state index in [9.17, 15) is 4.39 Å². The molecule has 0 spiro atoms. The lowest BCUT2D eigenvalue weighted by Gasteiger charge is -2.14. The van der Waals surface area contributed by atoms with Gasteiger partial charge in [-0.15, -0.1) is 0 Å². The van der Waals surface area contributed by atoms with E-state index < -0.39 is 0 Å². The molecule has 1 atom stereocenters. The molecule has 0 aliphatic carbocycles. The predicted octanol–water partition coefficient (Wildman–Crippen LogP) is 5.73. The Labute approximate surface area is 133 Å². The molecular formula is C14H10Br2ClFO. The number of alkyl halides is 1. The van der Waals surface area contributed by atoms with Crippen LogP contribution < -0.4 is 4.74 Å². The maximum Gasteiger partial charge on any atom is 0.127 e. The normalized spacial score (nSPS) is 12.3. The highest BCUT2D eigenvalue weighted by Gasteiger charge is 2.18. The first-order chi connectivity index (χ1) is 9.02. The fourth-order valence-electron chi connectivity index (χ4n) is 1.72. The van der Waals surface area contributed by atoms with Gasteiger partial charge in [0, 0.05) is 15.1 Å². The third kappa shape index (κ3) is 3.30. The van der Waals surface area contributed by atoms with Gasteiger partial charge in [0.05, 0.1) is 11.9 Å². The van der Waals surface area contributed by atoms with Crippen molar-refractivity contribution in [2.45, 2.75) is 4.83 Å². The standard InChI is InChI=1S/C14H10Br2ClFO/c1-19-9-3-4-10(12(15)7-9)14(16)11-6-8(17)2-5-13(11)18/h2-7,14H,1H3. The van der Waals surface area contributed by atoms with Gasteiger partial charge in [0.1, 0.15) is 11.6 Å². The van der Waals surface area contributed by atoms with Gasteiger partial charge in [-0.3, -0.25) is 0 Å². The van der Waals surface area contributed by atoms with E-state index in [-0.39, 0.29) is 10.6 Å². The van der Waals surface area contributed by atoms with Crippen molar-refractivity contribution in [2.75, 3.05) is 7.11 Å². The molecular weight excluding hydrogens is 398 g/mol. The fourth-order valence-corrected chi connectivity index (χ4v) is 3.54. The van der Waals surface area contributed by atoms with Crippen LogP contribution in [0.15, 0.2) is 40.9 Å². The van der Waals surface area contributed by atoms with Gasteiger partial charge in [0.25, 0.3) is 0 Å². The summed E-state index contributed by atoms with van der Waals surface area (Å²) in [7, 11) is 1.60. The van der Waals surface area contributed by atoms with Crippen molar-refractivity contribution >= 4 is 43.5 Å². The summed E-state index contributed by atoms with van der Waals surface area (Å²) in [6.07, 6.45) is 0. The van der Waals surface area contributed by atoms with Crippen LogP contribution in [0, 0.1) is 5.82 Å². The second-order valence-corrected chi connectivity index (χ2v) is 6.12. The first kappa shape index (κ1) is 14.8. The highest BCUT2D eigenvalue weighted by molar-refractivity contribution is 9.11. The van der Waals surface area contributed by atoms with Crippen molar-refractivity contribution in [3.63, 3.8) is 0 Å². The van der Waals surface area contributed by atoms with Gasteiger partial charge >= 0.3 is 0 Å². The first-order valence-electron chi connectivity index (χ1n) is 5.45. The third-order valence-corrected chi connectivity index (χ3v) is 4.62. The predicted molar refractivity (Wildman–Crippen MR) is 82.9 cm³/mol. The van der Waals surface area contributed by atoms with E-state index >= 15 is 0 Å². The molecule has 0 aliphatic rings. The maximum atomic E-state index is 13.9. The smallest absolute Gasteiger partial charge is 0.127 e. The maximum absolute atomic E-state index is 13.9. The largest absolute Gasteiger partial charge is 0.497 e. The van der Waals surface area contributed by atoms with Gasteiger partial charge in [-0.2, -0.15) is 0 Å². The minimum absolute atomic E-state index is 0.286. The minimum atomic E-state index is -0.297. The summed E-state index contributed by atoms with van der Waals surface area (Å²) in [6.45, 7) is 0. The molecule has 2 rings (SSSR count). The lowest BCUT2D eigenvalue weighted by atomic mass is 10.0. The van der Waals surface area contributed by atoms with Crippen molar-refractivity contribution in [1.82, 2.24) is 0 Å². The second kappa shape index (κ2) is 6.25. The SMILES string of the molecule is COc1ccc(C(Br)c2cc(Cl)ccc2F)c(Br)c1. The van der Waals surface area contributed by atoms with Gasteiger partial charge in [-0.1, -0.05) is 49.5 Å². The lowest BCUT2D eigenvalue weighted by Crippen LogP contribution is -1.98. The Bertz CT molecular complexity index is 604. The van der Waals surface area contributed by atoms with Crippen LogP contribution in [0.25, 0.3) is 0 Å². The van der Waals surface area contributed by atoms with Gasteiger partial charge in [-0.05, 0) is 35.9 Å². The Morgan fingerprint density at radius 3 is 2.53 bits per heavy atom. The van der Waals surface area contributed by atoms with Gasteiger partial charge in [0.15, 0.2) is 0 Å². The summed E-state index contributed by atoms with van der Waals surface area (Å²) in [5.74, 6) is 0.441. The molecule has 0 fully saturated rings. The van der Waals surface area contributed by atoms with E-state index in [1.165, 1.54) is 12.1 Å². The molecule has 2 aromatic carbocycles. The molecule has 0 heterocycles. The van der Waals surface area contributed by atoms with Gasteiger partial charge in [-0.25, -0.2) is 4.39 Å². The zero-order valence-corrected chi connectivity index (χ0v) is 13.9. The van der Waals surface area contributed by atoms with E-state index in [1.54, 1.807) is 13.2 Å². The van der Waals surface area contributed by atoms with E-state index in [0.29, 0.717) is 10.6 Å². The summed E-state index contributed by atoms with van der Waals surface area (Å²) >= 11 is 12.9. The highest BCUT2D eigenvalue weighted by atomic mass is 79.9. The summed E-state index contributed by atoms with van der Waals surface area (Å²) in [4.78, 5) is -0.286. The lowest BCUT2D eigenvalue weighted by molar-refractivity contribution is 0.414. The molecule has 0 aromatic heterocycles. The zero-order chi connectivity index (χ0) is 14.0. The van der Waals surface area contributed by atoms with Crippen molar-refractivity contribution in [2.24, 2.45) is 0 Å². The molecule has 2 aromatic rings. The van der Waals surface area contributed by atoms with Crippen molar-refractivity contribution < 1.29 is 9.13 Å². The summed E-state index contributed by atoms with van der Waals surface area (Å²) in [5.41, 5.74) is 1.40. The average molecular weight is 408 g/mol. The Kier molecular flexibility index (Phi) is 4.87. The van der Waals surface area contributed by atoms with Crippen molar-refractivity contribution in [3.8, 4) is 5.75 Å². The van der Waals surface area contributed by atoms with E-state index in [4.69, 9.17) is 16.3 Å². The molecule has 1 nitrogen and oxygen atoms in total. The molecule has 0 saturated heterocycles. The molecule has 1 unspecified atom stereocenters. The number of rotatable bonds is 3. The number of benzene rings is 2. The van der Waals surface area contributed by atoms with Crippen LogP contribution in [-0.4, -0.2) is 7.11 Å². The molecule has 0 N–H and O–H groups in total. The molecule has 0 radical (unpaired) electrons. The zero-order valence-electron chi connectivity index (χ0n) is 9.96. The Morgan fingerprint density at radius 2 is 1.89 bits per heavy atom. The Balaban J connectivity index is 2.43. The summed E-state index contributed by atoms with van der Waals surface area (Å²) < 4.78 is 19.8. The van der Waals surface area contributed by atoms with E-state index in [0.717, 1.165) is 15.8 Å². The monoisotopic (exact) mass is 406 g/mol. The molecule has 19 heavy (non-hydrogen) atoms. The van der Waals surface area contributed by atoms with E-state index in [2.05, 4.69) is 31.9 Å². The van der Waals surface area contributed by atoms with Crippen LogP contribution in [0.2, 0.25) is 5.02 Å². The van der Waals surface area contributed by atoms with Crippen LogP contribution >= 0.6 is 43.5 Å². The van der Waals surface area contributed by atoms with Gasteiger partial charge in [0.2, 0.25) is 0 Å². The van der Waals surface area contributed by atoms with Crippen LogP contribution in [0.3, 0.4) is 0 Å². The average Bonchev–Trinajstić information content (AvgIpc) is 2.40. The molecule has 0 saturated carbocycles. The van der Waals surface area contributed by atoms with Crippen molar-refractivity contribution in [1.29, 1.82) is 0 Å². The second-order valence-electron chi connectivity index (χ2n) is 3.92.